The normalized spacial score (nSPS) is 11.9. The molecular weight excluding hydrogens is 344 g/mol. The van der Waals surface area contributed by atoms with Gasteiger partial charge in [0, 0.05) is 19.2 Å². The summed E-state index contributed by atoms with van der Waals surface area (Å²) < 4.78 is 5.65. The van der Waals surface area contributed by atoms with E-state index in [9.17, 15) is 14.9 Å². The summed E-state index contributed by atoms with van der Waals surface area (Å²) >= 11 is 0. The molecule has 27 heavy (non-hydrogen) atoms. The maximum absolute atomic E-state index is 12.5. The van der Waals surface area contributed by atoms with Crippen LogP contribution in [-0.4, -0.2) is 29.4 Å². The highest BCUT2D eigenvalue weighted by Crippen LogP contribution is 2.25. The smallest absolute Gasteiger partial charge is 0.269 e. The van der Waals surface area contributed by atoms with Gasteiger partial charge in [0.05, 0.1) is 11.0 Å². The maximum Gasteiger partial charge on any atom is 0.269 e. The van der Waals surface area contributed by atoms with E-state index in [0.717, 1.165) is 5.56 Å². The Hall–Kier alpha value is -2.89. The van der Waals surface area contributed by atoms with Crippen molar-refractivity contribution in [3.05, 3.63) is 69.3 Å². The quantitative estimate of drug-likeness (QED) is 0.526. The van der Waals surface area contributed by atoms with Crippen LogP contribution in [0.5, 0.6) is 5.75 Å². The Morgan fingerprint density at radius 2 is 1.89 bits per heavy atom. The van der Waals surface area contributed by atoms with Crippen LogP contribution in [0.2, 0.25) is 0 Å². The highest BCUT2D eigenvalue weighted by Gasteiger charge is 2.20. The molecule has 2 rings (SSSR count). The van der Waals surface area contributed by atoms with Crippen LogP contribution in [0.4, 0.5) is 5.69 Å². The number of hydrogen-bond donors (Lipinski definition) is 0. The van der Waals surface area contributed by atoms with Gasteiger partial charge in [0.15, 0.2) is 6.61 Å². The number of carbonyl (C=O) groups excluding carboxylic acids is 1. The minimum Gasteiger partial charge on any atom is -0.484 e. The maximum atomic E-state index is 12.5. The molecule has 0 saturated heterocycles. The Morgan fingerprint density at radius 1 is 1.19 bits per heavy atom. The first-order valence-corrected chi connectivity index (χ1v) is 8.94. The molecule has 6 nitrogen and oxygen atoms in total. The number of amides is 1. The first kappa shape index (κ1) is 20.4. The van der Waals surface area contributed by atoms with Crippen LogP contribution in [0.3, 0.4) is 0 Å². The van der Waals surface area contributed by atoms with E-state index in [1.54, 1.807) is 19.2 Å². The number of carbonyl (C=O) groups is 1. The monoisotopic (exact) mass is 370 g/mol. The van der Waals surface area contributed by atoms with Crippen LogP contribution in [0.15, 0.2) is 42.5 Å². The summed E-state index contributed by atoms with van der Waals surface area (Å²) in [7, 11) is 1.67. The molecule has 0 spiro atoms. The minimum absolute atomic E-state index is 0.0113. The third-order valence-electron chi connectivity index (χ3n) is 4.76. The molecule has 2 aromatic rings. The molecule has 0 aromatic heterocycles. The predicted molar refractivity (Wildman–Crippen MR) is 105 cm³/mol. The van der Waals surface area contributed by atoms with Crippen molar-refractivity contribution in [2.24, 2.45) is 0 Å². The molecule has 0 N–H and O–H groups in total. The summed E-state index contributed by atoms with van der Waals surface area (Å²) in [5.74, 6) is 0.892. The summed E-state index contributed by atoms with van der Waals surface area (Å²) in [6, 6.07) is 11.9. The van der Waals surface area contributed by atoms with Gasteiger partial charge in [0.2, 0.25) is 0 Å². The summed E-state index contributed by atoms with van der Waals surface area (Å²) in [6.45, 7) is 8.04. The van der Waals surface area contributed by atoms with Crippen molar-refractivity contribution in [1.82, 2.24) is 4.90 Å². The van der Waals surface area contributed by atoms with Gasteiger partial charge < -0.3 is 9.64 Å². The van der Waals surface area contributed by atoms with Gasteiger partial charge in [-0.25, -0.2) is 0 Å². The number of nitro groups is 1. The van der Waals surface area contributed by atoms with Crippen LogP contribution in [0.1, 0.15) is 49.4 Å². The van der Waals surface area contributed by atoms with Gasteiger partial charge in [-0.3, -0.25) is 14.9 Å². The molecule has 1 amide bonds. The lowest BCUT2D eigenvalue weighted by atomic mass is 9.98. The first-order valence-electron chi connectivity index (χ1n) is 8.94. The zero-order valence-electron chi connectivity index (χ0n) is 16.4. The Bertz CT molecular complexity index is 833. The summed E-state index contributed by atoms with van der Waals surface area (Å²) in [4.78, 5) is 24.5. The van der Waals surface area contributed by atoms with Crippen LogP contribution in [0.25, 0.3) is 0 Å². The Kier molecular flexibility index (Phi) is 6.55. The van der Waals surface area contributed by atoms with Crippen molar-refractivity contribution >= 4 is 11.6 Å². The third-order valence-corrected chi connectivity index (χ3v) is 4.76. The lowest BCUT2D eigenvalue weighted by molar-refractivity contribution is -0.384. The number of ether oxygens (including phenoxy) is 1. The van der Waals surface area contributed by atoms with Gasteiger partial charge in [-0.2, -0.15) is 0 Å². The highest BCUT2D eigenvalue weighted by molar-refractivity contribution is 5.78. The molecule has 0 aliphatic rings. The zero-order valence-corrected chi connectivity index (χ0v) is 16.4. The SMILES string of the molecule is Cc1cc(OCC(=O)N(C)[C@H](C)c2cccc([N+](=O)[O-])c2)ccc1C(C)C. The van der Waals surface area contributed by atoms with Gasteiger partial charge in [0.1, 0.15) is 5.75 Å². The van der Waals surface area contributed by atoms with E-state index in [1.165, 1.54) is 22.6 Å². The lowest BCUT2D eigenvalue weighted by Gasteiger charge is -2.25. The van der Waals surface area contributed by atoms with Crippen LogP contribution < -0.4 is 4.74 Å². The van der Waals surface area contributed by atoms with Crippen molar-refractivity contribution in [2.45, 2.75) is 39.7 Å². The largest absolute Gasteiger partial charge is 0.484 e. The van der Waals surface area contributed by atoms with E-state index in [0.29, 0.717) is 17.2 Å². The topological polar surface area (TPSA) is 72.7 Å². The summed E-state index contributed by atoms with van der Waals surface area (Å²) in [6.07, 6.45) is 0. The number of nitro benzene ring substituents is 1. The molecule has 2 aromatic carbocycles. The van der Waals surface area contributed by atoms with Crippen molar-refractivity contribution < 1.29 is 14.5 Å². The Balaban J connectivity index is 2.02. The predicted octanol–water partition coefficient (Wildman–Crippen LogP) is 4.63. The van der Waals surface area contributed by atoms with Gasteiger partial charge in [-0.05, 0) is 48.6 Å². The molecule has 1 atom stereocenters. The fourth-order valence-corrected chi connectivity index (χ4v) is 2.97. The Morgan fingerprint density at radius 3 is 2.48 bits per heavy atom. The summed E-state index contributed by atoms with van der Waals surface area (Å²) in [5.41, 5.74) is 3.10. The van der Waals surface area contributed by atoms with E-state index in [2.05, 4.69) is 13.8 Å². The molecule has 0 aliphatic heterocycles. The van der Waals surface area contributed by atoms with E-state index in [1.807, 2.05) is 32.0 Å². The molecule has 144 valence electrons. The molecule has 0 heterocycles. The van der Waals surface area contributed by atoms with E-state index < -0.39 is 4.92 Å². The van der Waals surface area contributed by atoms with E-state index >= 15 is 0 Å². The van der Waals surface area contributed by atoms with Gasteiger partial charge in [0.25, 0.3) is 11.6 Å². The number of likely N-dealkylation sites (N-methyl/N-ethyl adjacent to an activating group) is 1. The second kappa shape index (κ2) is 8.66. The van der Waals surface area contributed by atoms with E-state index in [-0.39, 0.29) is 24.2 Å². The fraction of sp³-hybridized carbons (Fsp3) is 0.381. The molecule has 0 radical (unpaired) electrons. The first-order chi connectivity index (χ1) is 12.7. The lowest BCUT2D eigenvalue weighted by Crippen LogP contribution is -2.33. The van der Waals surface area contributed by atoms with Crippen LogP contribution in [0, 0.1) is 17.0 Å². The number of non-ortho nitro benzene ring substituents is 1. The number of hydrogen-bond acceptors (Lipinski definition) is 4. The molecule has 0 fully saturated rings. The van der Waals surface area contributed by atoms with Crippen molar-refractivity contribution in [1.29, 1.82) is 0 Å². The number of benzene rings is 2. The van der Waals surface area contributed by atoms with Crippen molar-refractivity contribution in [3.8, 4) is 5.75 Å². The molecule has 0 saturated carbocycles. The third kappa shape index (κ3) is 5.06. The number of nitrogens with zero attached hydrogens (tertiary/aromatic N) is 2. The van der Waals surface area contributed by atoms with Crippen LogP contribution >= 0.6 is 0 Å². The van der Waals surface area contributed by atoms with E-state index in [4.69, 9.17) is 4.74 Å². The molecular formula is C21H26N2O4. The van der Waals surface area contributed by atoms with Gasteiger partial charge in [-0.1, -0.05) is 32.0 Å². The van der Waals surface area contributed by atoms with Crippen molar-refractivity contribution in [3.63, 3.8) is 0 Å². The standard InChI is InChI=1S/C21H26N2O4/c1-14(2)20-10-9-19(11-15(20)3)27-13-21(24)22(5)16(4)17-7-6-8-18(12-17)23(25)26/h6-12,14,16H,13H2,1-5H3/t16-/m1/s1. The highest BCUT2D eigenvalue weighted by atomic mass is 16.6. The molecule has 0 unspecified atom stereocenters. The van der Waals surface area contributed by atoms with Crippen molar-refractivity contribution in [2.75, 3.05) is 13.7 Å². The summed E-state index contributed by atoms with van der Waals surface area (Å²) in [5, 5.41) is 10.9. The molecule has 0 aliphatic carbocycles. The number of aryl methyl sites for hydroxylation is 1. The fourth-order valence-electron chi connectivity index (χ4n) is 2.97. The second-order valence-corrected chi connectivity index (χ2v) is 6.99. The number of rotatable bonds is 7. The second-order valence-electron chi connectivity index (χ2n) is 6.99. The average molecular weight is 370 g/mol. The van der Waals surface area contributed by atoms with Gasteiger partial charge >= 0.3 is 0 Å². The molecule has 6 heteroatoms. The zero-order chi connectivity index (χ0) is 20.1. The molecule has 0 bridgehead atoms. The minimum atomic E-state index is -0.440. The van der Waals surface area contributed by atoms with Crippen LogP contribution in [-0.2, 0) is 4.79 Å². The Labute approximate surface area is 159 Å². The van der Waals surface area contributed by atoms with Gasteiger partial charge in [-0.15, -0.1) is 0 Å². The average Bonchev–Trinajstić information content (AvgIpc) is 2.64.